The van der Waals surface area contributed by atoms with Crippen LogP contribution in [-0.4, -0.2) is 21.6 Å². The highest BCUT2D eigenvalue weighted by atomic mass is 16.1. The minimum Gasteiger partial charge on any atom is -0.373 e. The summed E-state index contributed by atoms with van der Waals surface area (Å²) >= 11 is 0. The molecule has 1 aromatic carbocycles. The van der Waals surface area contributed by atoms with Crippen LogP contribution in [0.4, 0.5) is 5.82 Å². The number of aryl methyl sites for hydroxylation is 1. The van der Waals surface area contributed by atoms with Crippen molar-refractivity contribution >= 4 is 16.9 Å². The summed E-state index contributed by atoms with van der Waals surface area (Å²) in [6, 6.07) is 13.4. The van der Waals surface area contributed by atoms with Crippen molar-refractivity contribution in [3.63, 3.8) is 0 Å². The minimum atomic E-state index is -0.0784. The molecule has 2 aromatic heterocycles. The zero-order valence-electron chi connectivity index (χ0n) is 12.0. The molecule has 0 bridgehead atoms. The summed E-state index contributed by atoms with van der Waals surface area (Å²) in [4.78, 5) is 21.2. The molecule has 5 heteroatoms. The van der Waals surface area contributed by atoms with Gasteiger partial charge in [0, 0.05) is 7.05 Å². The van der Waals surface area contributed by atoms with Gasteiger partial charge in [-0.25, -0.2) is 9.97 Å². The third-order valence-electron chi connectivity index (χ3n) is 3.40. The Morgan fingerprint density at radius 2 is 1.90 bits per heavy atom. The fourth-order valence-corrected chi connectivity index (χ4v) is 2.35. The lowest BCUT2D eigenvalue weighted by Gasteiger charge is -2.11. The number of hydrogen-bond acceptors (Lipinski definition) is 4. The average molecular weight is 280 g/mol. The molecule has 5 nitrogen and oxygen atoms in total. The maximum Gasteiger partial charge on any atom is 0.272 e. The smallest absolute Gasteiger partial charge is 0.272 e. The molecule has 0 saturated heterocycles. The Morgan fingerprint density at radius 1 is 1.10 bits per heavy atom. The van der Waals surface area contributed by atoms with Crippen LogP contribution in [0.2, 0.25) is 0 Å². The number of nitrogens with zero attached hydrogens (tertiary/aromatic N) is 3. The topological polar surface area (TPSA) is 59.8 Å². The van der Waals surface area contributed by atoms with E-state index >= 15 is 0 Å². The van der Waals surface area contributed by atoms with Crippen molar-refractivity contribution in [3.05, 3.63) is 64.2 Å². The summed E-state index contributed by atoms with van der Waals surface area (Å²) < 4.78 is 1.72. The first kappa shape index (κ1) is 13.3. The van der Waals surface area contributed by atoms with Crippen LogP contribution in [0.3, 0.4) is 0 Å². The molecule has 0 fully saturated rings. The molecule has 3 rings (SSSR count). The molecule has 3 aromatic rings. The summed E-state index contributed by atoms with van der Waals surface area (Å²) in [5.41, 5.74) is 2.90. The van der Waals surface area contributed by atoms with Gasteiger partial charge in [0.1, 0.15) is 11.5 Å². The van der Waals surface area contributed by atoms with Crippen LogP contribution in [0.5, 0.6) is 0 Å². The van der Waals surface area contributed by atoms with Gasteiger partial charge < -0.3 is 5.32 Å². The highest BCUT2D eigenvalue weighted by Crippen LogP contribution is 2.12. The van der Waals surface area contributed by atoms with E-state index in [9.17, 15) is 4.79 Å². The number of pyridine rings is 1. The van der Waals surface area contributed by atoms with E-state index in [1.165, 1.54) is 0 Å². The zero-order valence-corrected chi connectivity index (χ0v) is 12.0. The van der Waals surface area contributed by atoms with Gasteiger partial charge in [-0.15, -0.1) is 0 Å². The van der Waals surface area contributed by atoms with Crippen molar-refractivity contribution < 1.29 is 0 Å². The second-order valence-electron chi connectivity index (χ2n) is 4.84. The Hall–Kier alpha value is -2.69. The molecule has 0 atom stereocenters. The van der Waals surface area contributed by atoms with Crippen LogP contribution in [0.25, 0.3) is 11.0 Å². The highest BCUT2D eigenvalue weighted by molar-refractivity contribution is 5.74. The van der Waals surface area contributed by atoms with Gasteiger partial charge in [-0.2, -0.15) is 0 Å². The fourth-order valence-electron chi connectivity index (χ4n) is 2.35. The molecule has 1 N–H and O–H groups in total. The molecule has 0 aliphatic rings. The number of aromatic nitrogens is 3. The van der Waals surface area contributed by atoms with Gasteiger partial charge in [0.05, 0.1) is 23.3 Å². The normalized spacial score (nSPS) is 10.8. The molecule has 21 heavy (non-hydrogen) atoms. The Bertz CT molecular complexity index is 854. The lowest BCUT2D eigenvalue weighted by Crippen LogP contribution is -2.25. The molecule has 0 amide bonds. The van der Waals surface area contributed by atoms with Crippen molar-refractivity contribution in [1.29, 1.82) is 0 Å². The van der Waals surface area contributed by atoms with Crippen LogP contribution in [-0.2, 0) is 6.54 Å². The third-order valence-corrected chi connectivity index (χ3v) is 3.40. The van der Waals surface area contributed by atoms with Gasteiger partial charge in [-0.3, -0.25) is 9.36 Å². The monoisotopic (exact) mass is 280 g/mol. The largest absolute Gasteiger partial charge is 0.373 e. The molecule has 0 radical (unpaired) electrons. The first-order valence-corrected chi connectivity index (χ1v) is 6.79. The van der Waals surface area contributed by atoms with Gasteiger partial charge >= 0.3 is 0 Å². The molecule has 0 spiro atoms. The molecule has 106 valence electrons. The van der Waals surface area contributed by atoms with E-state index in [4.69, 9.17) is 0 Å². The summed E-state index contributed by atoms with van der Waals surface area (Å²) in [7, 11) is 1.82. The lowest BCUT2D eigenvalue weighted by atomic mass is 10.2. The minimum absolute atomic E-state index is 0.0784. The maximum absolute atomic E-state index is 12.4. The second-order valence-corrected chi connectivity index (χ2v) is 4.84. The molecule has 2 heterocycles. The van der Waals surface area contributed by atoms with Crippen LogP contribution < -0.4 is 10.9 Å². The van der Waals surface area contributed by atoms with Gasteiger partial charge in [-0.05, 0) is 31.2 Å². The predicted octanol–water partition coefficient (Wildman–Crippen LogP) is 2.19. The van der Waals surface area contributed by atoms with E-state index in [1.54, 1.807) is 11.5 Å². The van der Waals surface area contributed by atoms with Gasteiger partial charge in [-0.1, -0.05) is 18.2 Å². The number of para-hydroxylation sites is 2. The Labute approximate surface area is 122 Å². The van der Waals surface area contributed by atoms with Crippen molar-refractivity contribution in [2.75, 3.05) is 12.4 Å². The Kier molecular flexibility index (Phi) is 3.39. The zero-order chi connectivity index (χ0) is 14.8. The number of fused-ring (bicyclic) bond motifs is 1. The van der Waals surface area contributed by atoms with Crippen LogP contribution in [0, 0.1) is 6.92 Å². The summed E-state index contributed by atoms with van der Waals surface area (Å²) in [5, 5.41) is 3.01. The van der Waals surface area contributed by atoms with Crippen LogP contribution in [0.15, 0.2) is 47.3 Å². The van der Waals surface area contributed by atoms with Crippen molar-refractivity contribution in [2.45, 2.75) is 13.5 Å². The van der Waals surface area contributed by atoms with E-state index in [0.29, 0.717) is 12.2 Å². The summed E-state index contributed by atoms with van der Waals surface area (Å²) in [6.07, 6.45) is 0. The van der Waals surface area contributed by atoms with E-state index in [0.717, 1.165) is 22.5 Å². The van der Waals surface area contributed by atoms with E-state index in [1.807, 2.05) is 49.5 Å². The lowest BCUT2D eigenvalue weighted by molar-refractivity contribution is 0.756. The van der Waals surface area contributed by atoms with E-state index < -0.39 is 0 Å². The molecule has 0 saturated carbocycles. The molecule has 0 aliphatic heterocycles. The molecular formula is C16H16N4O. The second kappa shape index (κ2) is 5.36. The number of rotatable bonds is 3. The SMILES string of the molecule is CNc1cccc(Cn2c(=O)c(C)nc3ccccc32)n1. The van der Waals surface area contributed by atoms with Crippen LogP contribution in [0.1, 0.15) is 11.4 Å². The van der Waals surface area contributed by atoms with Gasteiger partial charge in [0.2, 0.25) is 0 Å². The third kappa shape index (κ3) is 2.50. The molecule has 0 aliphatic carbocycles. The fraction of sp³-hybridized carbons (Fsp3) is 0.188. The summed E-state index contributed by atoms with van der Waals surface area (Å²) in [5.74, 6) is 0.788. The standard InChI is InChI=1S/C16H16N4O/c1-11-16(21)20(14-8-4-3-7-13(14)18-11)10-12-6-5-9-15(17-2)19-12/h3-9H,10H2,1-2H3,(H,17,19). The predicted molar refractivity (Wildman–Crippen MR) is 83.6 cm³/mol. The van der Waals surface area contributed by atoms with E-state index in [2.05, 4.69) is 15.3 Å². The number of nitrogens with one attached hydrogen (secondary N) is 1. The van der Waals surface area contributed by atoms with Crippen molar-refractivity contribution in [1.82, 2.24) is 14.5 Å². The molecular weight excluding hydrogens is 264 g/mol. The van der Waals surface area contributed by atoms with Gasteiger partial charge in [0.15, 0.2) is 0 Å². The number of hydrogen-bond donors (Lipinski definition) is 1. The maximum atomic E-state index is 12.4. The average Bonchev–Trinajstić information content (AvgIpc) is 2.52. The van der Waals surface area contributed by atoms with Gasteiger partial charge in [0.25, 0.3) is 5.56 Å². The number of anilines is 1. The Balaban J connectivity index is 2.15. The first-order valence-electron chi connectivity index (χ1n) is 6.79. The van der Waals surface area contributed by atoms with Crippen molar-refractivity contribution in [3.8, 4) is 0 Å². The first-order chi connectivity index (χ1) is 10.2. The quantitative estimate of drug-likeness (QED) is 0.799. The van der Waals surface area contributed by atoms with Crippen LogP contribution >= 0.6 is 0 Å². The molecule has 0 unspecified atom stereocenters. The van der Waals surface area contributed by atoms with E-state index in [-0.39, 0.29) is 5.56 Å². The highest BCUT2D eigenvalue weighted by Gasteiger charge is 2.09. The summed E-state index contributed by atoms with van der Waals surface area (Å²) in [6.45, 7) is 2.17. The van der Waals surface area contributed by atoms with Crippen molar-refractivity contribution in [2.24, 2.45) is 0 Å². The Morgan fingerprint density at radius 3 is 2.71 bits per heavy atom. The number of benzene rings is 1.